The number of ether oxygens (including phenoxy) is 6. The van der Waals surface area contributed by atoms with Gasteiger partial charge in [-0.15, -0.1) is 0 Å². The van der Waals surface area contributed by atoms with Crippen LogP contribution in [0.3, 0.4) is 0 Å². The SMILES string of the molecule is [B][C@H]1CC(OCSSC(C)(C)CNC(=O)CCOCCOCCOCCOCCNC(=O)c2ccc(-c3c4cc(C)c(=NCC)cc-4oc4cc(NCC)c(C)cc34)c(C(=O)O)c2)[C@@H](COP(=O)(O)OP(=O)(O)OP(=O)(O)O)O1. The second kappa shape index (κ2) is 31.1. The van der Waals surface area contributed by atoms with Gasteiger partial charge in [0, 0.05) is 83.2 Å². The van der Waals surface area contributed by atoms with Gasteiger partial charge in [-0.2, -0.15) is 8.62 Å². The van der Waals surface area contributed by atoms with E-state index in [0.717, 1.165) is 33.1 Å². The molecule has 2 amide bonds. The number of rotatable bonds is 35. The van der Waals surface area contributed by atoms with Gasteiger partial charge in [0.25, 0.3) is 5.91 Å². The monoisotopic (exact) mass is 1200 g/mol. The molecule has 2 aliphatic heterocycles. The molecule has 2 aromatic carbocycles. The van der Waals surface area contributed by atoms with Crippen LogP contribution >= 0.6 is 45.1 Å². The van der Waals surface area contributed by atoms with Crippen LogP contribution in [-0.4, -0.2) is 165 Å². The number of nitrogens with zero attached hydrogens (tertiary/aromatic N) is 1. The van der Waals surface area contributed by atoms with Gasteiger partial charge in [0.05, 0.1) is 76.5 Å². The zero-order valence-electron chi connectivity index (χ0n) is 44.5. The quantitative estimate of drug-likeness (QED) is 0.00625. The Balaban J connectivity index is 0.914. The minimum Gasteiger partial charge on any atom is -0.478 e. The van der Waals surface area contributed by atoms with E-state index in [-0.39, 0.29) is 75.4 Å². The van der Waals surface area contributed by atoms with E-state index >= 15 is 0 Å². The maximum atomic E-state index is 13.2. The number of carboxylic acid groups (broad SMARTS) is 1. The standard InChI is InChI=1S/C48H68BN4O21P3S2/c1-7-50-37-24-39-35(21-30(37)3)45(36-22-31(4)38(51-8-2)25-40(36)71-39)33-10-9-32(23-34(33)47(56)57)46(55)52-12-14-66-16-18-68-20-19-67-17-15-65-13-11-44(54)53-28-48(5,6)79-78-29-69-41-26-43(49)72-42(41)27-70-76(61,62)74-77(63,64)73-75(58,59)60/h9-10,21-25,41-43,50H,7-8,11-20,26-29H2,1-6H3,(H,52,55)(H,53,54)(H,56,57)(H,61,62)(H,63,64)(H2,58,59,60)/t41?,42-,43-/m1/s1. The van der Waals surface area contributed by atoms with Gasteiger partial charge in [-0.25, -0.2) is 18.5 Å². The van der Waals surface area contributed by atoms with Crippen LogP contribution in [-0.2, 0) is 60.1 Å². The number of phosphoric ester groups is 1. The average molecular weight is 1200 g/mol. The molecule has 3 unspecified atom stereocenters. The number of hydrogen-bond acceptors (Lipinski definition) is 20. The van der Waals surface area contributed by atoms with Crippen molar-refractivity contribution in [2.45, 2.75) is 77.3 Å². The minimum atomic E-state index is -5.68. The van der Waals surface area contributed by atoms with Crippen molar-refractivity contribution in [2.24, 2.45) is 4.99 Å². The van der Waals surface area contributed by atoms with Crippen molar-refractivity contribution < 1.29 is 98.7 Å². The predicted molar refractivity (Wildman–Crippen MR) is 296 cm³/mol. The number of hydrogen-bond donors (Lipinski definition) is 8. The second-order valence-electron chi connectivity index (χ2n) is 18.2. The molecular formula is C48H68BN4O21P3S2. The average Bonchev–Trinajstić information content (AvgIpc) is 3.81. The Bertz CT molecular complexity index is 2900. The number of carbonyl (C=O) groups is 3. The summed E-state index contributed by atoms with van der Waals surface area (Å²) in [4.78, 5) is 79.6. The Morgan fingerprint density at radius 3 is 2.15 bits per heavy atom. The molecular weight excluding hydrogens is 1140 g/mol. The van der Waals surface area contributed by atoms with Gasteiger partial charge >= 0.3 is 29.4 Å². The van der Waals surface area contributed by atoms with Crippen LogP contribution in [0.25, 0.3) is 33.4 Å². The molecule has 3 aliphatic rings. The maximum Gasteiger partial charge on any atom is 0.490 e. The zero-order valence-corrected chi connectivity index (χ0v) is 48.9. The first-order chi connectivity index (χ1) is 37.3. The number of nitrogens with one attached hydrogen (secondary N) is 3. The molecule has 2 aromatic rings. The van der Waals surface area contributed by atoms with Gasteiger partial charge in [0.2, 0.25) is 5.91 Å². The highest BCUT2D eigenvalue weighted by Crippen LogP contribution is 2.66. The molecule has 31 heteroatoms. The van der Waals surface area contributed by atoms with E-state index in [1.54, 1.807) is 12.1 Å². The van der Waals surface area contributed by atoms with Crippen molar-refractivity contribution in [1.82, 2.24) is 10.6 Å². The summed E-state index contributed by atoms with van der Waals surface area (Å²) in [7, 11) is -8.02. The highest BCUT2D eigenvalue weighted by atomic mass is 33.1. The van der Waals surface area contributed by atoms with Crippen molar-refractivity contribution in [1.29, 1.82) is 0 Å². The molecule has 79 heavy (non-hydrogen) atoms. The van der Waals surface area contributed by atoms with E-state index in [1.807, 2.05) is 65.8 Å². The first kappa shape index (κ1) is 66.1. The zero-order chi connectivity index (χ0) is 58.0. The van der Waals surface area contributed by atoms with Crippen molar-refractivity contribution in [3.05, 3.63) is 70.1 Å². The van der Waals surface area contributed by atoms with Gasteiger partial charge in [0.15, 0.2) is 0 Å². The smallest absolute Gasteiger partial charge is 0.478 e. The first-order valence-electron chi connectivity index (χ1n) is 24.9. The van der Waals surface area contributed by atoms with E-state index in [4.69, 9.17) is 50.5 Å². The lowest BCUT2D eigenvalue weighted by Gasteiger charge is -2.24. The number of aromatic carboxylic acids is 1. The molecule has 1 aliphatic carbocycles. The van der Waals surface area contributed by atoms with Crippen LogP contribution in [0, 0.1) is 13.8 Å². The fourth-order valence-corrected chi connectivity index (χ4v) is 13.0. The number of phosphoric acid groups is 3. The fourth-order valence-electron chi connectivity index (χ4n) is 7.82. The van der Waals surface area contributed by atoms with Crippen LogP contribution < -0.4 is 21.3 Å². The number of benzene rings is 3. The number of amides is 2. The molecule has 0 aromatic heterocycles. The highest BCUT2D eigenvalue weighted by Gasteiger charge is 2.42. The Morgan fingerprint density at radius 1 is 0.835 bits per heavy atom. The molecule has 1 fully saturated rings. The largest absolute Gasteiger partial charge is 0.490 e. The van der Waals surface area contributed by atoms with Gasteiger partial charge in [-0.3, -0.25) is 19.1 Å². The third kappa shape index (κ3) is 21.8. The third-order valence-corrected chi connectivity index (χ3v) is 18.1. The Kier molecular flexibility index (Phi) is 26.0. The lowest BCUT2D eigenvalue weighted by molar-refractivity contribution is -0.122. The number of carboxylic acids is 1. The van der Waals surface area contributed by atoms with Crippen molar-refractivity contribution in [3.8, 4) is 22.5 Å². The summed E-state index contributed by atoms with van der Waals surface area (Å²) in [5.74, 6) is -1.18. The minimum absolute atomic E-state index is 0.0342. The van der Waals surface area contributed by atoms with Crippen molar-refractivity contribution >= 4 is 87.3 Å². The summed E-state index contributed by atoms with van der Waals surface area (Å²) in [6.45, 7) is 14.9. The molecule has 25 nitrogen and oxygen atoms in total. The Labute approximate surface area is 466 Å². The van der Waals surface area contributed by atoms with Crippen molar-refractivity contribution in [3.63, 3.8) is 0 Å². The first-order valence-corrected chi connectivity index (χ1v) is 31.8. The number of carbonyl (C=O) groups excluding carboxylic acids is 2. The second-order valence-corrected chi connectivity index (χ2v) is 25.6. The topological polar surface area (TPSA) is 348 Å². The van der Waals surface area contributed by atoms with Gasteiger partial charge < -0.3 is 73.5 Å². The van der Waals surface area contributed by atoms with Gasteiger partial charge in [-0.1, -0.05) is 27.7 Å². The van der Waals surface area contributed by atoms with E-state index in [1.165, 1.54) is 27.7 Å². The Hall–Kier alpha value is -3.73. The number of aryl methyl sites for hydroxylation is 2. The highest BCUT2D eigenvalue weighted by molar-refractivity contribution is 8.77. The van der Waals surface area contributed by atoms with Gasteiger partial charge in [-0.05, 0) is 88.9 Å². The molecule has 0 spiro atoms. The fraction of sp³-hybridized carbons (Fsp3) is 0.542. The normalized spacial score (nSPS) is 17.7. The molecule has 1 saturated heterocycles. The van der Waals surface area contributed by atoms with Crippen molar-refractivity contribution in [2.75, 3.05) is 96.9 Å². The summed E-state index contributed by atoms with van der Waals surface area (Å²) in [6.07, 6.45) is -1.43. The lowest BCUT2D eigenvalue weighted by Crippen LogP contribution is -2.36. The summed E-state index contributed by atoms with van der Waals surface area (Å²) < 4.78 is 86.0. The molecule has 2 heterocycles. The van der Waals surface area contributed by atoms with Crippen LogP contribution in [0.4, 0.5) is 5.69 Å². The van der Waals surface area contributed by atoms with E-state index in [0.29, 0.717) is 61.9 Å². The summed E-state index contributed by atoms with van der Waals surface area (Å²) in [6, 6.07) is 11.6. The number of anilines is 1. The molecule has 2 radical (unpaired) electrons. The van der Waals surface area contributed by atoms with Crippen LogP contribution in [0.1, 0.15) is 72.4 Å². The summed E-state index contributed by atoms with van der Waals surface area (Å²) >= 11 is 0. The maximum absolute atomic E-state index is 13.2. The van der Waals surface area contributed by atoms with Gasteiger partial charge in [0.1, 0.15) is 31.2 Å². The molecule has 8 N–H and O–H groups in total. The molecule has 5 rings (SSSR count). The molecule has 0 bridgehead atoms. The summed E-state index contributed by atoms with van der Waals surface area (Å²) in [5.41, 5.74) is 5.35. The lowest BCUT2D eigenvalue weighted by atomic mass is 9.88. The molecule has 436 valence electrons. The number of fused-ring (bicyclic) bond motifs is 2. The third-order valence-electron chi connectivity index (χ3n) is 11.4. The summed E-state index contributed by atoms with van der Waals surface area (Å²) in [5, 5.41) is 21.0. The molecule has 0 saturated carbocycles. The van der Waals surface area contributed by atoms with Crippen LogP contribution in [0.2, 0.25) is 0 Å². The van der Waals surface area contributed by atoms with Crippen LogP contribution in [0.15, 0.2) is 51.9 Å². The van der Waals surface area contributed by atoms with E-state index in [9.17, 15) is 43.0 Å². The predicted octanol–water partition coefficient (Wildman–Crippen LogP) is 6.30. The van der Waals surface area contributed by atoms with E-state index < -0.39 is 64.9 Å². The van der Waals surface area contributed by atoms with E-state index in [2.05, 4.69) is 34.1 Å². The molecule has 5 atom stereocenters. The Morgan fingerprint density at radius 2 is 1.51 bits per heavy atom. The van der Waals surface area contributed by atoms with Crippen LogP contribution in [0.5, 0.6) is 0 Å².